The fraction of sp³-hybridized carbons (Fsp3) is 0.333. The third-order valence-electron chi connectivity index (χ3n) is 2.30. The lowest BCUT2D eigenvalue weighted by molar-refractivity contribution is -0.149. The van der Waals surface area contributed by atoms with E-state index in [1.165, 1.54) is 0 Å². The largest absolute Gasteiger partial charge is 0.467 e. The van der Waals surface area contributed by atoms with Gasteiger partial charge in [-0.3, -0.25) is 4.79 Å². The molecule has 0 bridgehead atoms. The van der Waals surface area contributed by atoms with Crippen LogP contribution >= 0.6 is 11.6 Å². The Labute approximate surface area is 110 Å². The molecule has 0 aromatic heterocycles. The first-order valence-electron chi connectivity index (χ1n) is 5.27. The van der Waals surface area contributed by atoms with Crippen molar-refractivity contribution in [1.29, 1.82) is 0 Å². The van der Waals surface area contributed by atoms with E-state index in [1.54, 1.807) is 24.3 Å². The van der Waals surface area contributed by atoms with Crippen molar-refractivity contribution in [1.82, 2.24) is 5.32 Å². The molecule has 0 spiro atoms. The van der Waals surface area contributed by atoms with Gasteiger partial charge in [-0.1, -0.05) is 12.1 Å². The monoisotopic (exact) mass is 271 g/mol. The number of rotatable bonds is 5. The maximum atomic E-state index is 11.7. The van der Waals surface area contributed by atoms with E-state index in [-0.39, 0.29) is 12.5 Å². The number of hydrogen-bond donors (Lipinski definition) is 2. The van der Waals surface area contributed by atoms with Crippen molar-refractivity contribution in [3.05, 3.63) is 35.4 Å². The third-order valence-corrected chi connectivity index (χ3v) is 2.61. The quantitative estimate of drug-likeness (QED) is 0.610. The molecule has 1 unspecified atom stereocenters. The van der Waals surface area contributed by atoms with Crippen LogP contribution in [0.1, 0.15) is 15.9 Å². The minimum atomic E-state index is -1.36. The molecule has 1 aromatic rings. The van der Waals surface area contributed by atoms with Crippen molar-refractivity contribution in [2.75, 3.05) is 13.7 Å². The van der Waals surface area contributed by atoms with Crippen LogP contribution < -0.4 is 5.32 Å². The van der Waals surface area contributed by atoms with Crippen LogP contribution in [0.4, 0.5) is 0 Å². The lowest BCUT2D eigenvalue weighted by atomic mass is 10.1. The first-order valence-corrected chi connectivity index (χ1v) is 5.81. The van der Waals surface area contributed by atoms with Gasteiger partial charge in [0.2, 0.25) is 0 Å². The number of ether oxygens (including phenoxy) is 1. The number of hydrogen-bond acceptors (Lipinski definition) is 4. The van der Waals surface area contributed by atoms with E-state index >= 15 is 0 Å². The first kappa shape index (κ1) is 14.5. The number of esters is 1. The highest BCUT2D eigenvalue weighted by atomic mass is 35.5. The lowest BCUT2D eigenvalue weighted by Gasteiger charge is -2.09. The Kier molecular flexibility index (Phi) is 5.61. The molecule has 0 heterocycles. The highest BCUT2D eigenvalue weighted by Crippen LogP contribution is 2.06. The Bertz CT molecular complexity index is 419. The fourth-order valence-corrected chi connectivity index (χ4v) is 1.43. The zero-order valence-electron chi connectivity index (χ0n) is 9.85. The topological polar surface area (TPSA) is 75.6 Å². The number of aliphatic hydroxyl groups excluding tert-OH is 1. The number of carbonyl (C=O) groups excluding carboxylic acids is 2. The van der Waals surface area contributed by atoms with Gasteiger partial charge in [0.25, 0.3) is 5.91 Å². The average molecular weight is 272 g/mol. The summed E-state index contributed by atoms with van der Waals surface area (Å²) in [6, 6.07) is 6.71. The second-order valence-electron chi connectivity index (χ2n) is 3.58. The summed E-state index contributed by atoms with van der Waals surface area (Å²) in [5.41, 5.74) is 1.34. The smallest absolute Gasteiger partial charge is 0.336 e. The van der Waals surface area contributed by atoms with Gasteiger partial charge in [0.15, 0.2) is 6.10 Å². The molecule has 0 aliphatic carbocycles. The molecule has 0 aliphatic rings. The van der Waals surface area contributed by atoms with Crippen LogP contribution in [-0.4, -0.2) is 36.7 Å². The molecule has 0 saturated heterocycles. The Morgan fingerprint density at radius 3 is 2.50 bits per heavy atom. The molecule has 1 rings (SSSR count). The van der Waals surface area contributed by atoms with Crippen LogP contribution in [0.15, 0.2) is 24.3 Å². The number of nitrogens with one attached hydrogen (secondary N) is 1. The van der Waals surface area contributed by atoms with Crippen LogP contribution in [-0.2, 0) is 15.4 Å². The number of halogens is 1. The lowest BCUT2D eigenvalue weighted by Crippen LogP contribution is -2.37. The third kappa shape index (κ3) is 4.01. The summed E-state index contributed by atoms with van der Waals surface area (Å²) in [4.78, 5) is 22.6. The van der Waals surface area contributed by atoms with Gasteiger partial charge in [-0.25, -0.2) is 4.79 Å². The Morgan fingerprint density at radius 2 is 2.00 bits per heavy atom. The van der Waals surface area contributed by atoms with E-state index in [1.807, 2.05) is 0 Å². The SMILES string of the molecule is COC(=O)C(O)CNC(=O)c1ccc(CCl)cc1. The van der Waals surface area contributed by atoms with Gasteiger partial charge in [-0.2, -0.15) is 0 Å². The number of aliphatic hydroxyl groups is 1. The van der Waals surface area contributed by atoms with Gasteiger partial charge in [-0.05, 0) is 17.7 Å². The molecule has 6 heteroatoms. The van der Waals surface area contributed by atoms with Crippen LogP contribution in [0.5, 0.6) is 0 Å². The molecule has 0 saturated carbocycles. The molecule has 1 amide bonds. The summed E-state index contributed by atoms with van der Waals surface area (Å²) in [7, 11) is 1.16. The van der Waals surface area contributed by atoms with Gasteiger partial charge >= 0.3 is 5.97 Å². The van der Waals surface area contributed by atoms with E-state index in [0.29, 0.717) is 11.4 Å². The van der Waals surface area contributed by atoms with E-state index in [0.717, 1.165) is 12.7 Å². The van der Waals surface area contributed by atoms with Crippen molar-refractivity contribution in [3.63, 3.8) is 0 Å². The van der Waals surface area contributed by atoms with E-state index < -0.39 is 12.1 Å². The van der Waals surface area contributed by atoms with E-state index in [9.17, 15) is 14.7 Å². The minimum Gasteiger partial charge on any atom is -0.467 e. The summed E-state index contributed by atoms with van der Waals surface area (Å²) >= 11 is 5.63. The van der Waals surface area contributed by atoms with Crippen molar-refractivity contribution in [2.45, 2.75) is 12.0 Å². The Hall–Kier alpha value is -1.59. The normalized spacial score (nSPS) is 11.7. The van der Waals surface area contributed by atoms with E-state index in [4.69, 9.17) is 11.6 Å². The maximum Gasteiger partial charge on any atom is 0.336 e. The molecule has 5 nitrogen and oxygen atoms in total. The summed E-state index contributed by atoms with van der Waals surface area (Å²) < 4.78 is 4.33. The summed E-state index contributed by atoms with van der Waals surface area (Å²) in [6.07, 6.45) is -1.36. The molecule has 0 radical (unpaired) electrons. The molecular formula is C12H14ClNO4. The average Bonchev–Trinajstić information content (AvgIpc) is 2.43. The van der Waals surface area contributed by atoms with Crippen molar-refractivity contribution < 1.29 is 19.4 Å². The Balaban J connectivity index is 2.52. The second-order valence-corrected chi connectivity index (χ2v) is 3.85. The van der Waals surface area contributed by atoms with Crippen LogP contribution in [0, 0.1) is 0 Å². The number of methoxy groups -OCH3 is 1. The highest BCUT2D eigenvalue weighted by molar-refractivity contribution is 6.17. The van der Waals surface area contributed by atoms with Crippen molar-refractivity contribution in [3.8, 4) is 0 Å². The molecule has 98 valence electrons. The molecule has 1 atom stereocenters. The maximum absolute atomic E-state index is 11.7. The van der Waals surface area contributed by atoms with Gasteiger partial charge in [0, 0.05) is 11.4 Å². The van der Waals surface area contributed by atoms with Crippen molar-refractivity contribution in [2.24, 2.45) is 0 Å². The predicted octanol–water partition coefficient (Wildman–Crippen LogP) is 0.689. The number of alkyl halides is 1. The molecule has 1 aromatic carbocycles. The summed E-state index contributed by atoms with van der Waals surface area (Å²) in [6.45, 7) is -0.192. The molecule has 0 aliphatic heterocycles. The summed E-state index contributed by atoms with van der Waals surface area (Å²) in [5, 5.41) is 11.7. The van der Waals surface area contributed by atoms with Gasteiger partial charge in [0.05, 0.1) is 13.7 Å². The van der Waals surface area contributed by atoms with E-state index in [2.05, 4.69) is 10.1 Å². The van der Waals surface area contributed by atoms with Crippen LogP contribution in [0.25, 0.3) is 0 Å². The first-order chi connectivity index (χ1) is 8.58. The molecular weight excluding hydrogens is 258 g/mol. The number of amides is 1. The Morgan fingerprint density at radius 1 is 1.39 bits per heavy atom. The van der Waals surface area contributed by atoms with Gasteiger partial charge < -0.3 is 15.2 Å². The van der Waals surface area contributed by atoms with Crippen molar-refractivity contribution >= 4 is 23.5 Å². The van der Waals surface area contributed by atoms with Crippen LogP contribution in [0.3, 0.4) is 0 Å². The minimum absolute atomic E-state index is 0.192. The fourth-order valence-electron chi connectivity index (χ4n) is 1.26. The second kappa shape index (κ2) is 6.98. The molecule has 18 heavy (non-hydrogen) atoms. The van der Waals surface area contributed by atoms with Gasteiger partial charge in [-0.15, -0.1) is 11.6 Å². The zero-order valence-corrected chi connectivity index (χ0v) is 10.6. The standard InChI is InChI=1S/C12H14ClNO4/c1-18-12(17)10(15)7-14-11(16)9-4-2-8(6-13)3-5-9/h2-5,10,15H,6-7H2,1H3,(H,14,16). The zero-order chi connectivity index (χ0) is 13.5. The van der Waals surface area contributed by atoms with Gasteiger partial charge in [0.1, 0.15) is 0 Å². The molecule has 0 fully saturated rings. The predicted molar refractivity (Wildman–Crippen MR) is 66.4 cm³/mol. The number of carbonyl (C=O) groups is 2. The summed E-state index contributed by atoms with van der Waals surface area (Å²) in [5.74, 6) is -0.782. The molecule has 2 N–H and O–H groups in total. The number of benzene rings is 1. The highest BCUT2D eigenvalue weighted by Gasteiger charge is 2.16. The van der Waals surface area contributed by atoms with Crippen LogP contribution in [0.2, 0.25) is 0 Å².